The second kappa shape index (κ2) is 7.23. The first-order chi connectivity index (χ1) is 13.1. The van der Waals surface area contributed by atoms with Crippen LogP contribution in [-0.2, 0) is 6.18 Å². The van der Waals surface area contributed by atoms with Gasteiger partial charge in [0.2, 0.25) is 5.13 Å². The number of carboxylic acids is 1. The van der Waals surface area contributed by atoms with Crippen molar-refractivity contribution in [3.63, 3.8) is 0 Å². The number of nitrogens with zero attached hydrogens (tertiary/aromatic N) is 3. The van der Waals surface area contributed by atoms with Gasteiger partial charge in [-0.2, -0.15) is 23.0 Å². The molecule has 0 saturated heterocycles. The average Bonchev–Trinajstić information content (AvgIpc) is 3.17. The van der Waals surface area contributed by atoms with Gasteiger partial charge in [0.1, 0.15) is 0 Å². The fourth-order valence-corrected chi connectivity index (χ4v) is 3.71. The lowest BCUT2D eigenvalue weighted by atomic mass is 10.1. The molecule has 0 radical (unpaired) electrons. The first-order valence-electron chi connectivity index (χ1n) is 8.20. The van der Waals surface area contributed by atoms with E-state index in [1.807, 2.05) is 19.9 Å². The molecule has 0 aliphatic rings. The maximum Gasteiger partial charge on any atom is 0.416 e. The zero-order valence-electron chi connectivity index (χ0n) is 15.2. The smallest absolute Gasteiger partial charge is 0.416 e. The molecule has 0 unspecified atom stereocenters. The molecular formula is C19H16F3N3O2S. The molecule has 0 aliphatic carbocycles. The number of rotatable bonds is 4. The van der Waals surface area contributed by atoms with Crippen molar-refractivity contribution in [3.8, 4) is 16.4 Å². The Morgan fingerprint density at radius 2 is 1.86 bits per heavy atom. The van der Waals surface area contributed by atoms with Crippen molar-refractivity contribution in [2.24, 2.45) is 0 Å². The Kier molecular flexibility index (Phi) is 5.12. The molecule has 1 N–H and O–H groups in total. The van der Waals surface area contributed by atoms with Crippen LogP contribution in [-0.4, -0.2) is 25.8 Å². The molecule has 1 aromatic carbocycles. The number of hydrogen-bond donors (Lipinski definition) is 1. The quantitative estimate of drug-likeness (QED) is 0.625. The van der Waals surface area contributed by atoms with Crippen LogP contribution < -0.4 is 0 Å². The van der Waals surface area contributed by atoms with Crippen LogP contribution >= 0.6 is 11.3 Å². The molecule has 5 nitrogen and oxygen atoms in total. The Hall–Kier alpha value is -2.94. The zero-order valence-corrected chi connectivity index (χ0v) is 16.0. The first-order valence-corrected chi connectivity index (χ1v) is 9.01. The molecule has 28 heavy (non-hydrogen) atoms. The Bertz CT molecular complexity index is 1060. The lowest BCUT2D eigenvalue weighted by molar-refractivity contribution is -0.137. The van der Waals surface area contributed by atoms with Crippen molar-refractivity contribution in [3.05, 3.63) is 57.7 Å². The summed E-state index contributed by atoms with van der Waals surface area (Å²) in [7, 11) is 0. The summed E-state index contributed by atoms with van der Waals surface area (Å²) in [4.78, 5) is 16.7. The summed E-state index contributed by atoms with van der Waals surface area (Å²) >= 11 is 1.22. The van der Waals surface area contributed by atoms with Gasteiger partial charge in [0.05, 0.1) is 21.8 Å². The molecule has 0 saturated carbocycles. The number of aromatic carboxylic acids is 1. The summed E-state index contributed by atoms with van der Waals surface area (Å²) in [6.45, 7) is 5.44. The molecule has 2 heterocycles. The maximum atomic E-state index is 12.8. The van der Waals surface area contributed by atoms with Crippen molar-refractivity contribution in [2.45, 2.75) is 26.9 Å². The van der Waals surface area contributed by atoms with Crippen LogP contribution in [0.25, 0.3) is 22.5 Å². The van der Waals surface area contributed by atoms with E-state index in [0.717, 1.165) is 17.7 Å². The third kappa shape index (κ3) is 3.99. The summed E-state index contributed by atoms with van der Waals surface area (Å²) in [5.41, 5.74) is 1.69. The molecule has 3 rings (SSSR count). The van der Waals surface area contributed by atoms with E-state index >= 15 is 0 Å². The van der Waals surface area contributed by atoms with Gasteiger partial charge in [-0.25, -0.2) is 9.78 Å². The Balaban J connectivity index is 2.14. The molecule has 0 bridgehead atoms. The van der Waals surface area contributed by atoms with E-state index in [1.54, 1.807) is 6.92 Å². The van der Waals surface area contributed by atoms with Gasteiger partial charge in [-0.1, -0.05) is 29.0 Å². The molecule has 0 atom stereocenters. The highest BCUT2D eigenvalue weighted by Crippen LogP contribution is 2.35. The minimum atomic E-state index is -4.42. The van der Waals surface area contributed by atoms with Gasteiger partial charge in [0.15, 0.2) is 5.69 Å². The Morgan fingerprint density at radius 3 is 2.39 bits per heavy atom. The van der Waals surface area contributed by atoms with Crippen molar-refractivity contribution >= 4 is 23.4 Å². The van der Waals surface area contributed by atoms with Crippen LogP contribution in [0.2, 0.25) is 0 Å². The van der Waals surface area contributed by atoms with Crippen molar-refractivity contribution in [1.82, 2.24) is 14.8 Å². The van der Waals surface area contributed by atoms with Crippen LogP contribution in [0.15, 0.2) is 35.9 Å². The second-order valence-corrected chi connectivity index (χ2v) is 7.40. The fraction of sp³-hybridized carbons (Fsp3) is 0.211. The van der Waals surface area contributed by atoms with E-state index < -0.39 is 17.7 Å². The van der Waals surface area contributed by atoms with Gasteiger partial charge in [0, 0.05) is 5.56 Å². The average molecular weight is 407 g/mol. The van der Waals surface area contributed by atoms with Gasteiger partial charge in [-0.15, -0.1) is 0 Å². The highest BCUT2D eigenvalue weighted by atomic mass is 32.1. The van der Waals surface area contributed by atoms with E-state index in [4.69, 9.17) is 0 Å². The van der Waals surface area contributed by atoms with Crippen LogP contribution in [0.5, 0.6) is 0 Å². The van der Waals surface area contributed by atoms with Gasteiger partial charge >= 0.3 is 12.1 Å². The highest BCUT2D eigenvalue weighted by Gasteiger charge is 2.30. The van der Waals surface area contributed by atoms with Crippen molar-refractivity contribution in [1.29, 1.82) is 0 Å². The molecule has 0 fully saturated rings. The van der Waals surface area contributed by atoms with Gasteiger partial charge in [-0.3, -0.25) is 0 Å². The number of carboxylic acid groups (broad SMARTS) is 1. The largest absolute Gasteiger partial charge is 0.477 e. The topological polar surface area (TPSA) is 68.0 Å². The summed E-state index contributed by atoms with van der Waals surface area (Å²) in [6, 6.07) is 6.15. The van der Waals surface area contributed by atoms with Gasteiger partial charge in [0.25, 0.3) is 0 Å². The van der Waals surface area contributed by atoms with Crippen LogP contribution in [0.4, 0.5) is 13.2 Å². The molecule has 0 aliphatic heterocycles. The van der Waals surface area contributed by atoms with E-state index in [-0.39, 0.29) is 5.69 Å². The summed E-state index contributed by atoms with van der Waals surface area (Å²) in [5, 5.41) is 13.9. The number of alkyl halides is 3. The van der Waals surface area contributed by atoms with Gasteiger partial charge in [-0.05, 0) is 45.0 Å². The Morgan fingerprint density at radius 1 is 1.21 bits per heavy atom. The zero-order chi connectivity index (χ0) is 20.6. The number of carbonyl (C=O) groups is 1. The standard InChI is InChI=1S/C19H16F3N3O2S/c1-10(2)8-15-16(12-4-6-13(7-5-12)19(20,21)22)23-18(28-15)25-14(17(26)27)9-11(3)24-25/h4-9H,1-3H3,(H,26,27). The monoisotopic (exact) mass is 407 g/mol. The third-order valence-corrected chi connectivity index (χ3v) is 4.76. The van der Waals surface area contributed by atoms with Crippen LogP contribution in [0.3, 0.4) is 0 Å². The molecule has 9 heteroatoms. The fourth-order valence-electron chi connectivity index (χ4n) is 2.59. The minimum Gasteiger partial charge on any atom is -0.477 e. The number of benzene rings is 1. The predicted molar refractivity (Wildman–Crippen MR) is 101 cm³/mol. The molecule has 2 aromatic heterocycles. The number of aromatic nitrogens is 3. The molecule has 3 aromatic rings. The molecular weight excluding hydrogens is 391 g/mol. The lowest BCUT2D eigenvalue weighted by Crippen LogP contribution is -2.07. The van der Waals surface area contributed by atoms with Crippen LogP contribution in [0.1, 0.15) is 40.5 Å². The number of thiazole rings is 1. The number of aryl methyl sites for hydroxylation is 1. The minimum absolute atomic E-state index is 0.0334. The van der Waals surface area contributed by atoms with Crippen LogP contribution in [0, 0.1) is 6.92 Å². The SMILES string of the molecule is CC(C)=Cc1sc(-n2nc(C)cc2C(=O)O)nc1-c1ccc(C(F)(F)F)cc1. The summed E-state index contributed by atoms with van der Waals surface area (Å²) in [5.74, 6) is -1.14. The molecule has 0 spiro atoms. The normalized spacial score (nSPS) is 11.5. The van der Waals surface area contributed by atoms with E-state index in [0.29, 0.717) is 27.0 Å². The summed E-state index contributed by atoms with van der Waals surface area (Å²) in [6.07, 6.45) is -2.57. The van der Waals surface area contributed by atoms with E-state index in [9.17, 15) is 23.1 Å². The predicted octanol–water partition coefficient (Wildman–Crippen LogP) is 5.44. The number of hydrogen-bond acceptors (Lipinski definition) is 4. The second-order valence-electron chi connectivity index (χ2n) is 6.39. The molecule has 146 valence electrons. The van der Waals surface area contributed by atoms with Crippen molar-refractivity contribution in [2.75, 3.05) is 0 Å². The highest BCUT2D eigenvalue weighted by molar-refractivity contribution is 7.15. The van der Waals surface area contributed by atoms with Gasteiger partial charge < -0.3 is 5.11 Å². The number of halogens is 3. The summed E-state index contributed by atoms with van der Waals surface area (Å²) < 4.78 is 39.7. The van der Waals surface area contributed by atoms with E-state index in [2.05, 4.69) is 10.1 Å². The third-order valence-electron chi connectivity index (χ3n) is 3.78. The lowest BCUT2D eigenvalue weighted by Gasteiger charge is -2.07. The Labute approximate surface area is 162 Å². The van der Waals surface area contributed by atoms with Crippen molar-refractivity contribution < 1.29 is 23.1 Å². The van der Waals surface area contributed by atoms with E-state index in [1.165, 1.54) is 34.2 Å². The maximum absolute atomic E-state index is 12.8. The first kappa shape index (κ1) is 19.8. The number of allylic oxidation sites excluding steroid dienone is 1. The molecule has 0 amide bonds.